The number of fused-ring (bicyclic) bond motifs is 1. The summed E-state index contributed by atoms with van der Waals surface area (Å²) in [4.78, 5) is 25.0. The number of carbonyl (C=O) groups is 1. The summed E-state index contributed by atoms with van der Waals surface area (Å²) in [5, 5.41) is 7.72. The number of aryl methyl sites for hydroxylation is 1. The molecule has 1 saturated heterocycles. The van der Waals surface area contributed by atoms with Crippen LogP contribution in [0.15, 0.2) is 6.20 Å². The molecule has 2 aromatic heterocycles. The number of carbonyl (C=O) groups excluding carboxylic acids is 1. The maximum Gasteiger partial charge on any atom is 0.317 e. The maximum absolute atomic E-state index is 12.3. The number of nitrogens with one attached hydrogen (secondary N) is 1. The molecule has 10 nitrogen and oxygen atoms in total. The lowest BCUT2D eigenvalue weighted by molar-refractivity contribution is 0.0651. The zero-order valence-electron chi connectivity index (χ0n) is 20.0. The second-order valence-corrected chi connectivity index (χ2v) is 7.68. The first-order valence-corrected chi connectivity index (χ1v) is 11.3. The molecule has 0 radical (unpaired) electrons. The summed E-state index contributed by atoms with van der Waals surface area (Å²) in [5.41, 5.74) is 3.10. The third kappa shape index (κ3) is 4.64. The molecule has 2 aliphatic rings. The number of hydrogen-bond donors (Lipinski definition) is 1. The molecule has 1 fully saturated rings. The van der Waals surface area contributed by atoms with Crippen molar-refractivity contribution in [3.05, 3.63) is 23.0 Å². The fraction of sp³-hybridized carbons (Fsp3) is 0.636. The molecule has 0 atom stereocenters. The molecule has 176 valence electrons. The monoisotopic (exact) mass is 445 g/mol. The molecule has 32 heavy (non-hydrogen) atoms. The molecule has 4 rings (SSSR count). The maximum atomic E-state index is 12.3. The summed E-state index contributed by atoms with van der Waals surface area (Å²) in [6, 6.07) is 0.219. The summed E-state index contributed by atoms with van der Waals surface area (Å²) in [6.45, 7) is 8.56. The van der Waals surface area contributed by atoms with Crippen LogP contribution in [0.25, 0.3) is 0 Å². The Balaban J connectivity index is 0.00000141. The Labute approximate surface area is 189 Å². The van der Waals surface area contributed by atoms with Crippen molar-refractivity contribution in [1.82, 2.24) is 30.0 Å². The molecule has 0 saturated carbocycles. The van der Waals surface area contributed by atoms with Crippen LogP contribution in [-0.2, 0) is 17.7 Å². The molecular weight excluding hydrogens is 410 g/mol. The van der Waals surface area contributed by atoms with Crippen molar-refractivity contribution in [2.24, 2.45) is 0 Å². The highest BCUT2D eigenvalue weighted by atomic mass is 16.5. The van der Waals surface area contributed by atoms with Gasteiger partial charge in [0.2, 0.25) is 11.8 Å². The van der Waals surface area contributed by atoms with Crippen molar-refractivity contribution < 1.29 is 14.3 Å². The van der Waals surface area contributed by atoms with Gasteiger partial charge in [-0.1, -0.05) is 13.8 Å². The van der Waals surface area contributed by atoms with Crippen LogP contribution < -0.4 is 15.0 Å². The number of hydrogen-bond acceptors (Lipinski definition) is 7. The molecule has 0 unspecified atom stereocenters. The third-order valence-corrected chi connectivity index (χ3v) is 5.83. The number of urea groups is 1. The van der Waals surface area contributed by atoms with Crippen molar-refractivity contribution >= 4 is 17.8 Å². The van der Waals surface area contributed by atoms with Crippen LogP contribution in [0.4, 0.5) is 16.6 Å². The molecular formula is C22H35N7O3. The Hall–Kier alpha value is -2.88. The fourth-order valence-electron chi connectivity index (χ4n) is 4.14. The number of amides is 2. The molecule has 1 N–H and O–H groups in total. The summed E-state index contributed by atoms with van der Waals surface area (Å²) in [6.07, 6.45) is 4.38. The van der Waals surface area contributed by atoms with Crippen molar-refractivity contribution in [3.8, 4) is 5.88 Å². The van der Waals surface area contributed by atoms with Crippen molar-refractivity contribution in [1.29, 1.82) is 0 Å². The van der Waals surface area contributed by atoms with Crippen molar-refractivity contribution in [2.45, 2.75) is 52.6 Å². The van der Waals surface area contributed by atoms with Crippen LogP contribution in [0.3, 0.4) is 0 Å². The molecule has 2 amide bonds. The molecule has 0 aliphatic carbocycles. The van der Waals surface area contributed by atoms with Gasteiger partial charge in [-0.2, -0.15) is 10.1 Å². The highest BCUT2D eigenvalue weighted by Gasteiger charge is 2.32. The first-order valence-electron chi connectivity index (χ1n) is 11.3. The zero-order chi connectivity index (χ0) is 23.3. The Morgan fingerprint density at radius 2 is 2.03 bits per heavy atom. The van der Waals surface area contributed by atoms with E-state index in [1.165, 1.54) is 5.69 Å². The number of ether oxygens (including phenoxy) is 2. The number of anilines is 2. The predicted molar refractivity (Wildman–Crippen MR) is 123 cm³/mol. The van der Waals surface area contributed by atoms with E-state index in [0.29, 0.717) is 31.0 Å². The molecule has 4 heterocycles. The second kappa shape index (κ2) is 10.6. The lowest BCUT2D eigenvalue weighted by Gasteiger charge is -2.30. The van der Waals surface area contributed by atoms with E-state index < -0.39 is 0 Å². The number of aromatic nitrogens is 4. The third-order valence-electron chi connectivity index (χ3n) is 5.83. The average molecular weight is 446 g/mol. The van der Waals surface area contributed by atoms with Crippen LogP contribution in [0.5, 0.6) is 5.88 Å². The van der Waals surface area contributed by atoms with E-state index in [0.717, 1.165) is 49.4 Å². The number of rotatable bonds is 4. The standard InChI is InChI=1S/C20H29N7O3.C2H6/c1-13-11-22-19(23-18(13)29-4)25(3)17-15-12-26(20(28)21-2)8-5-16(15)27(24-17)14-6-9-30-10-7-14;1-2/h11,14H,5-10,12H2,1-4H3,(H,21,28);1-2H3. The number of methoxy groups -OCH3 is 1. The summed E-state index contributed by atoms with van der Waals surface area (Å²) in [5.74, 6) is 1.82. The average Bonchev–Trinajstić information content (AvgIpc) is 3.24. The normalized spacial score (nSPS) is 16.0. The largest absolute Gasteiger partial charge is 0.481 e. The first kappa shape index (κ1) is 23.8. The van der Waals surface area contributed by atoms with Gasteiger partial charge < -0.3 is 19.7 Å². The smallest absolute Gasteiger partial charge is 0.317 e. The minimum absolute atomic E-state index is 0.0821. The van der Waals surface area contributed by atoms with Crippen molar-refractivity contribution in [3.63, 3.8) is 0 Å². The van der Waals surface area contributed by atoms with Gasteiger partial charge in [-0.05, 0) is 19.8 Å². The van der Waals surface area contributed by atoms with Gasteiger partial charge in [0.15, 0.2) is 5.82 Å². The molecule has 2 aliphatic heterocycles. The first-order chi connectivity index (χ1) is 15.5. The lowest BCUT2D eigenvalue weighted by Crippen LogP contribution is -2.41. The van der Waals surface area contributed by atoms with Gasteiger partial charge in [-0.15, -0.1) is 0 Å². The minimum atomic E-state index is -0.0821. The topological polar surface area (TPSA) is 97.6 Å². The van der Waals surface area contributed by atoms with Crippen LogP contribution in [0.1, 0.15) is 49.6 Å². The number of nitrogens with zero attached hydrogens (tertiary/aromatic N) is 6. The van der Waals surface area contributed by atoms with Gasteiger partial charge in [-0.3, -0.25) is 9.58 Å². The SMILES string of the molecule is CC.CNC(=O)N1CCc2c(c(N(C)c3ncc(C)c(OC)n3)nn2C2CCOCC2)C1. The van der Waals surface area contributed by atoms with Crippen LogP contribution >= 0.6 is 0 Å². The summed E-state index contributed by atoms with van der Waals surface area (Å²) >= 11 is 0. The van der Waals surface area contributed by atoms with Crippen LogP contribution in [0, 0.1) is 6.92 Å². The molecule has 0 bridgehead atoms. The van der Waals surface area contributed by atoms with E-state index >= 15 is 0 Å². The van der Waals surface area contributed by atoms with Gasteiger partial charge in [0.05, 0.1) is 19.7 Å². The highest BCUT2D eigenvalue weighted by molar-refractivity contribution is 5.74. The van der Waals surface area contributed by atoms with E-state index in [-0.39, 0.29) is 6.03 Å². The fourth-order valence-corrected chi connectivity index (χ4v) is 4.14. The Morgan fingerprint density at radius 3 is 2.69 bits per heavy atom. The van der Waals surface area contributed by atoms with E-state index in [1.807, 2.05) is 37.6 Å². The van der Waals surface area contributed by atoms with Gasteiger partial charge in [0.1, 0.15) is 0 Å². The molecule has 0 aromatic carbocycles. The van der Waals surface area contributed by atoms with E-state index in [4.69, 9.17) is 14.6 Å². The molecule has 0 spiro atoms. The van der Waals surface area contributed by atoms with Crippen molar-refractivity contribution in [2.75, 3.05) is 45.9 Å². The minimum Gasteiger partial charge on any atom is -0.481 e. The van der Waals surface area contributed by atoms with Crippen LogP contribution in [0.2, 0.25) is 0 Å². The second-order valence-electron chi connectivity index (χ2n) is 7.68. The van der Waals surface area contributed by atoms with Gasteiger partial charge in [-0.25, -0.2) is 9.78 Å². The Morgan fingerprint density at radius 1 is 1.31 bits per heavy atom. The lowest BCUT2D eigenvalue weighted by atomic mass is 10.0. The van der Waals surface area contributed by atoms with E-state index in [9.17, 15) is 4.79 Å². The molecule has 2 aromatic rings. The van der Waals surface area contributed by atoms with Gasteiger partial charge >= 0.3 is 6.03 Å². The zero-order valence-corrected chi connectivity index (χ0v) is 20.0. The quantitative estimate of drug-likeness (QED) is 0.773. The summed E-state index contributed by atoms with van der Waals surface area (Å²) in [7, 11) is 5.16. The molecule has 10 heteroatoms. The highest BCUT2D eigenvalue weighted by Crippen LogP contribution is 2.35. The summed E-state index contributed by atoms with van der Waals surface area (Å²) < 4.78 is 13.1. The van der Waals surface area contributed by atoms with E-state index in [1.54, 1.807) is 20.4 Å². The van der Waals surface area contributed by atoms with Crippen LogP contribution in [-0.4, -0.2) is 71.6 Å². The van der Waals surface area contributed by atoms with Gasteiger partial charge in [0, 0.05) is 63.3 Å². The van der Waals surface area contributed by atoms with E-state index in [2.05, 4.69) is 20.0 Å². The van der Waals surface area contributed by atoms with Gasteiger partial charge in [0.25, 0.3) is 0 Å². The Kier molecular flexibility index (Phi) is 7.89. The predicted octanol–water partition coefficient (Wildman–Crippen LogP) is 2.83. The Bertz CT molecular complexity index is 924.